The van der Waals surface area contributed by atoms with Crippen molar-refractivity contribution in [3.8, 4) is 28.3 Å². The van der Waals surface area contributed by atoms with E-state index < -0.39 is 5.60 Å². The van der Waals surface area contributed by atoms with Crippen molar-refractivity contribution in [2.75, 3.05) is 0 Å². The number of nitrogens with zero attached hydrogens (tertiary/aromatic N) is 2. The molecule has 0 fully saturated rings. The molecule has 165 valence electrons. The van der Waals surface area contributed by atoms with Gasteiger partial charge in [0.15, 0.2) is 5.60 Å². The first kappa shape index (κ1) is 23.6. The molecule has 1 atom stereocenters. The molecule has 0 aromatic heterocycles. The summed E-state index contributed by atoms with van der Waals surface area (Å²) in [6, 6.07) is 27.3. The van der Waals surface area contributed by atoms with Gasteiger partial charge in [-0.05, 0) is 59.1 Å². The molecular weight excluding hydrogens is 392 g/mol. The fourth-order valence-corrected chi connectivity index (χ4v) is 3.97. The first-order valence-electron chi connectivity index (χ1n) is 11.2. The van der Waals surface area contributed by atoms with Gasteiger partial charge in [-0.2, -0.15) is 5.26 Å². The fourth-order valence-electron chi connectivity index (χ4n) is 3.97. The van der Waals surface area contributed by atoms with Crippen LogP contribution in [0.4, 0.5) is 5.69 Å². The molecule has 0 heterocycles. The minimum absolute atomic E-state index is 0.169. The van der Waals surface area contributed by atoms with Gasteiger partial charge in [0.1, 0.15) is 11.8 Å². The molecule has 32 heavy (non-hydrogen) atoms. The van der Waals surface area contributed by atoms with Crippen LogP contribution in [-0.2, 0) is 10.3 Å². The van der Waals surface area contributed by atoms with Crippen LogP contribution < -0.4 is 5.48 Å². The normalized spacial score (nSPS) is 13.4. The highest BCUT2D eigenvalue weighted by Gasteiger charge is 2.30. The van der Waals surface area contributed by atoms with Crippen molar-refractivity contribution in [2.45, 2.75) is 59.0 Å². The molecule has 3 rings (SSSR count). The summed E-state index contributed by atoms with van der Waals surface area (Å²) in [7, 11) is 0. The van der Waals surface area contributed by atoms with Gasteiger partial charge in [0.25, 0.3) is 0 Å². The van der Waals surface area contributed by atoms with Crippen LogP contribution >= 0.6 is 0 Å². The van der Waals surface area contributed by atoms with Crippen molar-refractivity contribution < 1.29 is 4.84 Å². The van der Waals surface area contributed by atoms with Crippen LogP contribution in [0.1, 0.15) is 53.5 Å². The molecule has 3 heteroatoms. The van der Waals surface area contributed by atoms with Gasteiger partial charge in [0.05, 0.1) is 0 Å². The zero-order valence-corrected chi connectivity index (χ0v) is 20.0. The van der Waals surface area contributed by atoms with Gasteiger partial charge >= 0.3 is 0 Å². The molecule has 0 aliphatic heterocycles. The van der Waals surface area contributed by atoms with Gasteiger partial charge in [-0.1, -0.05) is 95.3 Å². The first-order chi connectivity index (χ1) is 15.1. The Morgan fingerprint density at radius 2 is 1.41 bits per heavy atom. The van der Waals surface area contributed by atoms with Crippen molar-refractivity contribution in [3.05, 3.63) is 78.4 Å². The van der Waals surface area contributed by atoms with E-state index in [1.54, 1.807) is 0 Å². The summed E-state index contributed by atoms with van der Waals surface area (Å²) < 4.78 is 0. The maximum Gasteiger partial charge on any atom is 0.181 e. The number of hydrogen-bond acceptors (Lipinski definition) is 2. The topological polar surface area (TPSA) is 47.1 Å². The van der Waals surface area contributed by atoms with Crippen LogP contribution in [0.25, 0.3) is 22.3 Å². The van der Waals surface area contributed by atoms with Crippen molar-refractivity contribution in [2.24, 2.45) is 5.92 Å². The third kappa shape index (κ3) is 5.58. The van der Waals surface area contributed by atoms with Crippen molar-refractivity contribution in [1.29, 1.82) is 5.26 Å². The van der Waals surface area contributed by atoms with Gasteiger partial charge in [-0.25, -0.2) is 4.84 Å². The second-order valence-corrected chi connectivity index (χ2v) is 10.0. The lowest BCUT2D eigenvalue weighted by molar-refractivity contribution is -0.0531. The summed E-state index contributed by atoms with van der Waals surface area (Å²) >= 11 is 0. The summed E-state index contributed by atoms with van der Waals surface area (Å²) in [5, 5.41) is 9.79. The van der Waals surface area contributed by atoms with Crippen LogP contribution in [0.2, 0.25) is 0 Å². The molecule has 0 bridgehead atoms. The number of rotatable bonds is 7. The molecule has 0 amide bonds. The standard InChI is InChI=1S/C29H33N2O/c1-21(2)19-29(6,20-30)32-31-27-25(23-15-11-8-12-16-23)17-24(18-26(27)28(3,4)5)22-13-9-7-10-14-22/h7-18,21H,19H2,1-6H3. The molecule has 0 aliphatic rings. The molecule has 3 nitrogen and oxygen atoms in total. The van der Waals surface area contributed by atoms with Crippen LogP contribution in [0.15, 0.2) is 72.8 Å². The van der Waals surface area contributed by atoms with E-state index in [0.29, 0.717) is 12.3 Å². The molecule has 0 N–H and O–H groups in total. The van der Waals surface area contributed by atoms with E-state index in [1.165, 1.54) is 0 Å². The van der Waals surface area contributed by atoms with E-state index in [9.17, 15) is 5.26 Å². The third-order valence-corrected chi connectivity index (χ3v) is 5.48. The second kappa shape index (κ2) is 9.59. The lowest BCUT2D eigenvalue weighted by Gasteiger charge is -2.28. The van der Waals surface area contributed by atoms with Crippen molar-refractivity contribution in [3.63, 3.8) is 0 Å². The van der Waals surface area contributed by atoms with E-state index in [2.05, 4.69) is 94.7 Å². The van der Waals surface area contributed by atoms with E-state index in [1.807, 2.05) is 31.2 Å². The van der Waals surface area contributed by atoms with Gasteiger partial charge in [0, 0.05) is 5.56 Å². The lowest BCUT2D eigenvalue weighted by atomic mass is 9.81. The smallest absolute Gasteiger partial charge is 0.181 e. The molecule has 3 aromatic carbocycles. The maximum absolute atomic E-state index is 9.79. The highest BCUT2D eigenvalue weighted by molar-refractivity contribution is 5.84. The lowest BCUT2D eigenvalue weighted by Crippen LogP contribution is -2.31. The Morgan fingerprint density at radius 3 is 1.91 bits per heavy atom. The Bertz CT molecular complexity index is 1080. The zero-order chi connectivity index (χ0) is 23.4. The molecule has 0 spiro atoms. The predicted octanol–water partition coefficient (Wildman–Crippen LogP) is 7.81. The van der Waals surface area contributed by atoms with Gasteiger partial charge in [0.2, 0.25) is 0 Å². The Kier molecular flexibility index (Phi) is 7.06. The molecule has 0 aliphatic carbocycles. The first-order valence-corrected chi connectivity index (χ1v) is 11.2. The molecule has 1 radical (unpaired) electrons. The summed E-state index contributed by atoms with van der Waals surface area (Å²) in [4.78, 5) is 5.98. The second-order valence-electron chi connectivity index (χ2n) is 10.0. The van der Waals surface area contributed by atoms with Crippen LogP contribution in [0, 0.1) is 17.2 Å². The highest BCUT2D eigenvalue weighted by Crippen LogP contribution is 2.42. The van der Waals surface area contributed by atoms with E-state index >= 15 is 0 Å². The van der Waals surface area contributed by atoms with E-state index in [-0.39, 0.29) is 5.41 Å². The van der Waals surface area contributed by atoms with Gasteiger partial charge in [-0.3, -0.25) is 0 Å². The zero-order valence-electron chi connectivity index (χ0n) is 20.0. The van der Waals surface area contributed by atoms with Crippen LogP contribution in [-0.4, -0.2) is 5.60 Å². The Labute approximate surface area is 193 Å². The monoisotopic (exact) mass is 425 g/mol. The minimum Gasteiger partial charge on any atom is -0.230 e. The predicted molar refractivity (Wildman–Crippen MR) is 132 cm³/mol. The average molecular weight is 426 g/mol. The Balaban J connectivity index is 2.19. The average Bonchev–Trinajstić information content (AvgIpc) is 2.77. The fraction of sp³-hybridized carbons (Fsp3) is 0.345. The van der Waals surface area contributed by atoms with Crippen molar-refractivity contribution >= 4 is 5.69 Å². The molecule has 0 saturated carbocycles. The van der Waals surface area contributed by atoms with Gasteiger partial charge < -0.3 is 0 Å². The van der Waals surface area contributed by atoms with E-state index in [0.717, 1.165) is 33.5 Å². The van der Waals surface area contributed by atoms with E-state index in [4.69, 9.17) is 4.84 Å². The molecule has 3 aromatic rings. The third-order valence-electron chi connectivity index (χ3n) is 5.48. The SMILES string of the molecule is CC(C)CC(C)(C#N)O[N]c1c(-c2ccccc2)cc(-c2ccccc2)cc1C(C)(C)C. The Morgan fingerprint density at radius 1 is 0.844 bits per heavy atom. The van der Waals surface area contributed by atoms with Crippen LogP contribution in [0.5, 0.6) is 0 Å². The molecule has 1 unspecified atom stereocenters. The number of benzene rings is 3. The number of hydrogen-bond donors (Lipinski definition) is 0. The summed E-state index contributed by atoms with van der Waals surface area (Å²) in [6.45, 7) is 12.5. The Hall–Kier alpha value is -3.09. The minimum atomic E-state index is -0.977. The summed E-state index contributed by atoms with van der Waals surface area (Å²) in [5.41, 5.74) is 9.75. The highest BCUT2D eigenvalue weighted by atomic mass is 16.7. The summed E-state index contributed by atoms with van der Waals surface area (Å²) in [6.07, 6.45) is 0.612. The number of nitriles is 1. The van der Waals surface area contributed by atoms with Gasteiger partial charge in [-0.15, -0.1) is 5.48 Å². The maximum atomic E-state index is 9.79. The quantitative estimate of drug-likeness (QED) is 0.362. The summed E-state index contributed by atoms with van der Waals surface area (Å²) in [5.74, 6) is 0.325. The van der Waals surface area contributed by atoms with Crippen molar-refractivity contribution in [1.82, 2.24) is 5.48 Å². The largest absolute Gasteiger partial charge is 0.230 e. The molecular formula is C29H33N2O. The molecule has 0 saturated heterocycles. The van der Waals surface area contributed by atoms with Crippen LogP contribution in [0.3, 0.4) is 0 Å².